The second kappa shape index (κ2) is 10.1. The first-order valence-corrected chi connectivity index (χ1v) is 11.5. The molecule has 1 fully saturated rings. The van der Waals surface area contributed by atoms with Crippen LogP contribution in [0, 0.1) is 11.8 Å². The van der Waals surface area contributed by atoms with Gasteiger partial charge in [0.2, 0.25) is 5.91 Å². The van der Waals surface area contributed by atoms with Gasteiger partial charge >= 0.3 is 12.1 Å². The number of ether oxygens (including phenoxy) is 1. The standard InChI is InChI=1S/C26H30N2O5/c1-17-14-28(15-18(17)13-25(30)31)24(29)11-6-12-27-26(32)33-16-23-21-9-4-2-7-19(21)20-8-3-5-10-22(20)23/h2-5,7-10,17-18,23H,6,11-16H2,1H3,(H,27,32)(H,30,31)/t17-,18-/m1/s1. The first-order chi connectivity index (χ1) is 15.9. The van der Waals surface area contributed by atoms with Crippen LogP contribution < -0.4 is 5.32 Å². The van der Waals surface area contributed by atoms with Crippen LogP contribution in [0.3, 0.4) is 0 Å². The lowest BCUT2D eigenvalue weighted by Crippen LogP contribution is -2.31. The average molecular weight is 451 g/mol. The molecule has 2 N–H and O–H groups in total. The number of nitrogens with one attached hydrogen (secondary N) is 1. The smallest absolute Gasteiger partial charge is 0.407 e. The number of benzene rings is 2. The van der Waals surface area contributed by atoms with Gasteiger partial charge in [0.1, 0.15) is 6.61 Å². The second-order valence-electron chi connectivity index (χ2n) is 8.99. The number of amides is 2. The van der Waals surface area contributed by atoms with E-state index in [1.165, 1.54) is 11.1 Å². The lowest BCUT2D eigenvalue weighted by atomic mass is 9.95. The summed E-state index contributed by atoms with van der Waals surface area (Å²) >= 11 is 0. The molecule has 2 aromatic carbocycles. The molecule has 0 radical (unpaired) electrons. The van der Waals surface area contributed by atoms with E-state index in [1.807, 2.05) is 31.2 Å². The maximum Gasteiger partial charge on any atom is 0.407 e. The van der Waals surface area contributed by atoms with Crippen LogP contribution in [0.1, 0.15) is 43.2 Å². The van der Waals surface area contributed by atoms with Crippen molar-refractivity contribution in [1.82, 2.24) is 10.2 Å². The second-order valence-corrected chi connectivity index (χ2v) is 8.99. The molecule has 7 nitrogen and oxygen atoms in total. The highest BCUT2D eigenvalue weighted by molar-refractivity contribution is 5.79. The summed E-state index contributed by atoms with van der Waals surface area (Å²) in [4.78, 5) is 37.4. The van der Waals surface area contributed by atoms with Gasteiger partial charge in [-0.15, -0.1) is 0 Å². The van der Waals surface area contributed by atoms with Crippen LogP contribution in [-0.2, 0) is 14.3 Å². The number of likely N-dealkylation sites (tertiary alicyclic amines) is 1. The van der Waals surface area contributed by atoms with Crippen molar-refractivity contribution in [3.63, 3.8) is 0 Å². The third-order valence-corrected chi connectivity index (χ3v) is 6.74. The van der Waals surface area contributed by atoms with Crippen molar-refractivity contribution in [3.8, 4) is 11.1 Å². The molecule has 2 aromatic rings. The number of nitrogens with zero attached hydrogens (tertiary/aromatic N) is 1. The Labute approximate surface area is 193 Å². The molecule has 174 valence electrons. The Hall–Kier alpha value is -3.35. The molecule has 2 amide bonds. The molecule has 1 saturated heterocycles. The Balaban J connectivity index is 1.20. The molecule has 1 heterocycles. The van der Waals surface area contributed by atoms with E-state index in [4.69, 9.17) is 9.84 Å². The Morgan fingerprint density at radius 1 is 1.03 bits per heavy atom. The zero-order chi connectivity index (χ0) is 23.4. The fourth-order valence-electron chi connectivity index (χ4n) is 4.97. The van der Waals surface area contributed by atoms with Gasteiger partial charge in [-0.1, -0.05) is 55.5 Å². The van der Waals surface area contributed by atoms with E-state index in [1.54, 1.807) is 4.90 Å². The number of hydrogen-bond acceptors (Lipinski definition) is 4. The van der Waals surface area contributed by atoms with E-state index in [0.29, 0.717) is 32.5 Å². The maximum absolute atomic E-state index is 12.4. The predicted molar refractivity (Wildman–Crippen MR) is 124 cm³/mol. The number of carbonyl (C=O) groups excluding carboxylic acids is 2. The van der Waals surface area contributed by atoms with E-state index in [-0.39, 0.29) is 36.7 Å². The highest BCUT2D eigenvalue weighted by Gasteiger charge is 2.33. The van der Waals surface area contributed by atoms with Crippen LogP contribution in [-0.4, -0.2) is 54.2 Å². The van der Waals surface area contributed by atoms with Crippen molar-refractivity contribution >= 4 is 18.0 Å². The summed E-state index contributed by atoms with van der Waals surface area (Å²) in [5, 5.41) is 11.7. The normalized spacial score (nSPS) is 19.1. The molecule has 2 aliphatic rings. The summed E-state index contributed by atoms with van der Waals surface area (Å²) in [7, 11) is 0. The number of fused-ring (bicyclic) bond motifs is 3. The summed E-state index contributed by atoms with van der Waals surface area (Å²) in [5.41, 5.74) is 4.70. The Bertz CT molecular complexity index is 991. The minimum Gasteiger partial charge on any atom is -0.481 e. The van der Waals surface area contributed by atoms with E-state index in [2.05, 4.69) is 29.6 Å². The fourth-order valence-corrected chi connectivity index (χ4v) is 4.97. The first kappa shape index (κ1) is 22.8. The molecule has 0 aromatic heterocycles. The fraction of sp³-hybridized carbons (Fsp3) is 0.423. The summed E-state index contributed by atoms with van der Waals surface area (Å²) in [6.45, 7) is 3.68. The van der Waals surface area contributed by atoms with Gasteiger partial charge < -0.3 is 20.1 Å². The Morgan fingerprint density at radius 2 is 1.67 bits per heavy atom. The van der Waals surface area contributed by atoms with Gasteiger partial charge in [-0.25, -0.2) is 4.79 Å². The third kappa shape index (κ3) is 5.18. The lowest BCUT2D eigenvalue weighted by molar-refractivity contribution is -0.138. The molecular formula is C26H30N2O5. The number of carbonyl (C=O) groups is 3. The van der Waals surface area contributed by atoms with Crippen molar-refractivity contribution in [3.05, 3.63) is 59.7 Å². The quantitative estimate of drug-likeness (QED) is 0.595. The van der Waals surface area contributed by atoms with Gasteiger partial charge in [0.15, 0.2) is 0 Å². The van der Waals surface area contributed by atoms with Crippen LogP contribution in [0.2, 0.25) is 0 Å². The highest BCUT2D eigenvalue weighted by atomic mass is 16.5. The molecule has 0 unspecified atom stereocenters. The van der Waals surface area contributed by atoms with Crippen LogP contribution in [0.25, 0.3) is 11.1 Å². The summed E-state index contributed by atoms with van der Waals surface area (Å²) in [6, 6.07) is 16.4. The molecule has 2 atom stereocenters. The van der Waals surface area contributed by atoms with E-state index in [9.17, 15) is 14.4 Å². The topological polar surface area (TPSA) is 95.9 Å². The molecule has 4 rings (SSSR count). The minimum atomic E-state index is -0.826. The van der Waals surface area contributed by atoms with E-state index >= 15 is 0 Å². The largest absolute Gasteiger partial charge is 0.481 e. The number of alkyl carbamates (subject to hydrolysis) is 1. The maximum atomic E-state index is 12.4. The molecule has 1 aliphatic carbocycles. The molecule has 0 bridgehead atoms. The van der Waals surface area contributed by atoms with Gasteiger partial charge in [0.25, 0.3) is 0 Å². The summed E-state index contributed by atoms with van der Waals surface area (Å²) < 4.78 is 5.51. The highest BCUT2D eigenvalue weighted by Crippen LogP contribution is 2.44. The minimum absolute atomic E-state index is 0.00377. The van der Waals surface area contributed by atoms with Gasteiger partial charge in [-0.05, 0) is 40.5 Å². The molecule has 33 heavy (non-hydrogen) atoms. The van der Waals surface area contributed by atoms with Crippen molar-refractivity contribution in [1.29, 1.82) is 0 Å². The Morgan fingerprint density at radius 3 is 2.30 bits per heavy atom. The molecule has 0 saturated carbocycles. The molecular weight excluding hydrogens is 420 g/mol. The zero-order valence-electron chi connectivity index (χ0n) is 18.8. The number of rotatable bonds is 8. The van der Waals surface area contributed by atoms with Gasteiger partial charge in [-0.2, -0.15) is 0 Å². The summed E-state index contributed by atoms with van der Waals surface area (Å²) in [6.07, 6.45) is 0.433. The van der Waals surface area contributed by atoms with Crippen molar-refractivity contribution < 1.29 is 24.2 Å². The molecule has 7 heteroatoms. The predicted octanol–water partition coefficient (Wildman–Crippen LogP) is 3.87. The van der Waals surface area contributed by atoms with Crippen LogP contribution in [0.5, 0.6) is 0 Å². The monoisotopic (exact) mass is 450 g/mol. The zero-order valence-corrected chi connectivity index (χ0v) is 18.8. The first-order valence-electron chi connectivity index (χ1n) is 11.5. The average Bonchev–Trinajstić information content (AvgIpc) is 3.32. The van der Waals surface area contributed by atoms with Gasteiger partial charge in [0, 0.05) is 32.0 Å². The SMILES string of the molecule is C[C@@H]1CN(C(=O)CCCNC(=O)OCC2c3ccccc3-c3ccccc32)C[C@H]1CC(=O)O. The van der Waals surface area contributed by atoms with Crippen LogP contribution >= 0.6 is 0 Å². The molecule has 1 aliphatic heterocycles. The molecule has 0 spiro atoms. The van der Waals surface area contributed by atoms with Gasteiger partial charge in [-0.3, -0.25) is 9.59 Å². The van der Waals surface area contributed by atoms with E-state index in [0.717, 1.165) is 11.1 Å². The van der Waals surface area contributed by atoms with Crippen LogP contribution in [0.4, 0.5) is 4.79 Å². The third-order valence-electron chi connectivity index (χ3n) is 6.74. The van der Waals surface area contributed by atoms with Crippen molar-refractivity contribution in [2.24, 2.45) is 11.8 Å². The summed E-state index contributed by atoms with van der Waals surface area (Å²) in [5.74, 6) is -0.618. The number of carboxylic acids is 1. The number of hydrogen-bond donors (Lipinski definition) is 2. The number of aliphatic carboxylic acids is 1. The van der Waals surface area contributed by atoms with Gasteiger partial charge in [0.05, 0.1) is 6.42 Å². The Kier molecular flexibility index (Phi) is 6.96. The van der Waals surface area contributed by atoms with Crippen LogP contribution in [0.15, 0.2) is 48.5 Å². The van der Waals surface area contributed by atoms with E-state index < -0.39 is 12.1 Å². The van der Waals surface area contributed by atoms with Crippen molar-refractivity contribution in [2.75, 3.05) is 26.2 Å². The van der Waals surface area contributed by atoms with Crippen molar-refractivity contribution in [2.45, 2.75) is 32.1 Å². The number of carboxylic acid groups (broad SMARTS) is 1. The lowest BCUT2D eigenvalue weighted by Gasteiger charge is -2.16.